The highest BCUT2D eigenvalue weighted by Gasteiger charge is 2.57. The SMILES string of the molecule is CCc1ccccc1.Cc1ccc(O)c2c1C[C@H]1C[C@@H](CCO)[C@@](O)(C(=O)CC(N)=O)C(=O)C1=C2O. The van der Waals surface area contributed by atoms with Crippen molar-refractivity contribution in [1.29, 1.82) is 0 Å². The number of amides is 1. The summed E-state index contributed by atoms with van der Waals surface area (Å²) in [6, 6.07) is 13.6. The smallest absolute Gasteiger partial charge is 0.225 e. The maximum Gasteiger partial charge on any atom is 0.225 e. The lowest BCUT2D eigenvalue weighted by Crippen LogP contribution is -2.59. The first kappa shape index (κ1) is 27.1. The van der Waals surface area contributed by atoms with E-state index in [0.717, 1.165) is 12.0 Å². The van der Waals surface area contributed by atoms with E-state index < -0.39 is 47.1 Å². The van der Waals surface area contributed by atoms with Crippen LogP contribution >= 0.6 is 0 Å². The van der Waals surface area contributed by atoms with Gasteiger partial charge in [0.1, 0.15) is 11.5 Å². The summed E-state index contributed by atoms with van der Waals surface area (Å²) in [5.74, 6) is -5.13. The van der Waals surface area contributed by atoms with E-state index in [1.807, 2.05) is 13.0 Å². The number of hydrogen-bond acceptors (Lipinski definition) is 7. The molecule has 0 heterocycles. The number of phenolic OH excluding ortho intramolecular Hbond substituents is 1. The first-order valence-electron chi connectivity index (χ1n) is 12.0. The standard InChI is InChI=1S/C20H23NO7.C8H10/c1-9-2-3-13(23)17-12(9)7-10-6-11(4-5-22)20(28,14(24)8-15(21)25)19(27)16(10)18(17)26;1-2-8-6-4-3-5-7-8/h2-3,10-11,22-23,26,28H,4-8H2,1H3,(H2,21,25);3-7H,2H2,1H3/t10-,11-,20-;/m1./s1. The molecule has 0 aliphatic heterocycles. The molecule has 2 aliphatic rings. The number of ketones is 2. The fraction of sp³-hybridized carbons (Fsp3) is 0.393. The molecule has 1 fully saturated rings. The van der Waals surface area contributed by atoms with E-state index in [0.29, 0.717) is 12.0 Å². The van der Waals surface area contributed by atoms with Crippen molar-refractivity contribution in [2.45, 2.75) is 51.6 Å². The van der Waals surface area contributed by atoms with Crippen LogP contribution in [0.25, 0.3) is 5.76 Å². The van der Waals surface area contributed by atoms with Crippen LogP contribution in [0, 0.1) is 18.8 Å². The molecule has 1 saturated carbocycles. The first-order valence-corrected chi connectivity index (χ1v) is 12.0. The van der Waals surface area contributed by atoms with Crippen molar-refractivity contribution in [1.82, 2.24) is 0 Å². The lowest BCUT2D eigenvalue weighted by Gasteiger charge is -2.43. The molecule has 36 heavy (non-hydrogen) atoms. The van der Waals surface area contributed by atoms with Crippen molar-refractivity contribution < 1.29 is 34.8 Å². The van der Waals surface area contributed by atoms with Crippen LogP contribution < -0.4 is 5.73 Å². The summed E-state index contributed by atoms with van der Waals surface area (Å²) in [5, 5.41) is 41.4. The molecular formula is C28H33NO7. The minimum atomic E-state index is -2.56. The van der Waals surface area contributed by atoms with Gasteiger partial charge in [-0.15, -0.1) is 0 Å². The van der Waals surface area contributed by atoms with Crippen LogP contribution in [0.1, 0.15) is 48.4 Å². The molecule has 0 bridgehead atoms. The molecule has 4 rings (SSSR count). The Kier molecular flexibility index (Phi) is 8.32. The number of aromatic hydroxyl groups is 1. The number of phenols is 1. The topological polar surface area (TPSA) is 158 Å². The first-order chi connectivity index (χ1) is 17.1. The molecule has 0 saturated heterocycles. The van der Waals surface area contributed by atoms with Crippen molar-refractivity contribution in [3.63, 3.8) is 0 Å². The number of carbonyl (C=O) groups is 3. The van der Waals surface area contributed by atoms with Gasteiger partial charge in [0.25, 0.3) is 0 Å². The number of primary amides is 1. The number of benzene rings is 2. The quantitative estimate of drug-likeness (QED) is 0.385. The summed E-state index contributed by atoms with van der Waals surface area (Å²) < 4.78 is 0. The number of hydrogen-bond donors (Lipinski definition) is 5. The molecule has 0 radical (unpaired) electrons. The minimum Gasteiger partial charge on any atom is -0.507 e. The van der Waals surface area contributed by atoms with E-state index in [1.165, 1.54) is 11.6 Å². The summed E-state index contributed by atoms with van der Waals surface area (Å²) in [6.45, 7) is 3.62. The second-order valence-corrected chi connectivity index (χ2v) is 9.36. The molecular weight excluding hydrogens is 462 g/mol. The van der Waals surface area contributed by atoms with Crippen LogP contribution in [0.4, 0.5) is 0 Å². The van der Waals surface area contributed by atoms with Crippen molar-refractivity contribution in [2.24, 2.45) is 17.6 Å². The predicted octanol–water partition coefficient (Wildman–Crippen LogP) is 2.54. The third kappa shape index (κ3) is 5.05. The van der Waals surface area contributed by atoms with Gasteiger partial charge in [0.05, 0.1) is 12.0 Å². The van der Waals surface area contributed by atoms with Gasteiger partial charge in [-0.05, 0) is 61.3 Å². The highest BCUT2D eigenvalue weighted by molar-refractivity contribution is 6.23. The average molecular weight is 496 g/mol. The van der Waals surface area contributed by atoms with Gasteiger partial charge in [-0.2, -0.15) is 0 Å². The Morgan fingerprint density at radius 1 is 1.11 bits per heavy atom. The van der Waals surface area contributed by atoms with Gasteiger partial charge in [0.2, 0.25) is 11.7 Å². The predicted molar refractivity (Wildman–Crippen MR) is 134 cm³/mol. The van der Waals surface area contributed by atoms with Crippen molar-refractivity contribution in [3.8, 4) is 5.75 Å². The molecule has 1 amide bonds. The Morgan fingerprint density at radius 3 is 2.33 bits per heavy atom. The zero-order valence-electron chi connectivity index (χ0n) is 20.5. The van der Waals surface area contributed by atoms with Gasteiger partial charge in [-0.1, -0.05) is 43.3 Å². The Hall–Kier alpha value is -3.49. The van der Waals surface area contributed by atoms with E-state index in [9.17, 15) is 34.8 Å². The van der Waals surface area contributed by atoms with Gasteiger partial charge >= 0.3 is 0 Å². The highest BCUT2D eigenvalue weighted by atomic mass is 16.3. The summed E-state index contributed by atoms with van der Waals surface area (Å²) in [5.41, 5.74) is 5.40. The van der Waals surface area contributed by atoms with Crippen LogP contribution in [0.2, 0.25) is 0 Å². The molecule has 2 aromatic carbocycles. The monoisotopic (exact) mass is 495 g/mol. The molecule has 0 spiro atoms. The Morgan fingerprint density at radius 2 is 1.78 bits per heavy atom. The third-order valence-corrected chi connectivity index (χ3v) is 7.12. The van der Waals surface area contributed by atoms with E-state index in [1.54, 1.807) is 6.07 Å². The molecule has 2 aromatic rings. The number of nitrogens with two attached hydrogens (primary N) is 1. The van der Waals surface area contributed by atoms with Gasteiger partial charge < -0.3 is 26.2 Å². The number of aryl methyl sites for hydroxylation is 2. The number of aliphatic hydroxyl groups is 3. The van der Waals surface area contributed by atoms with Gasteiger partial charge in [0.15, 0.2) is 11.4 Å². The summed E-state index contributed by atoms with van der Waals surface area (Å²) >= 11 is 0. The van der Waals surface area contributed by atoms with Crippen LogP contribution in [-0.4, -0.2) is 50.1 Å². The normalized spacial score (nSPS) is 22.7. The van der Waals surface area contributed by atoms with Gasteiger partial charge in [-0.25, -0.2) is 0 Å². The van der Waals surface area contributed by atoms with Crippen LogP contribution in [0.5, 0.6) is 5.75 Å². The van der Waals surface area contributed by atoms with E-state index in [2.05, 4.69) is 31.2 Å². The second kappa shape index (κ2) is 11.1. The Balaban J connectivity index is 0.000000383. The minimum absolute atomic E-state index is 0.0246. The summed E-state index contributed by atoms with van der Waals surface area (Å²) in [7, 11) is 0. The fourth-order valence-corrected chi connectivity index (χ4v) is 5.19. The summed E-state index contributed by atoms with van der Waals surface area (Å²) in [6.07, 6.45) is 0.776. The molecule has 192 valence electrons. The average Bonchev–Trinajstić information content (AvgIpc) is 2.85. The highest BCUT2D eigenvalue weighted by Crippen LogP contribution is 2.49. The van der Waals surface area contributed by atoms with Gasteiger partial charge in [-0.3, -0.25) is 14.4 Å². The van der Waals surface area contributed by atoms with Crippen molar-refractivity contribution >= 4 is 23.2 Å². The van der Waals surface area contributed by atoms with E-state index >= 15 is 0 Å². The van der Waals surface area contributed by atoms with Crippen LogP contribution in [0.3, 0.4) is 0 Å². The Labute approximate surface area is 210 Å². The van der Waals surface area contributed by atoms with Crippen molar-refractivity contribution in [2.75, 3.05) is 6.61 Å². The number of aliphatic hydroxyl groups excluding tert-OH is 2. The lowest BCUT2D eigenvalue weighted by molar-refractivity contribution is -0.159. The van der Waals surface area contributed by atoms with E-state index in [-0.39, 0.29) is 36.3 Å². The third-order valence-electron chi connectivity index (χ3n) is 7.12. The molecule has 8 heteroatoms. The van der Waals surface area contributed by atoms with Crippen LogP contribution in [0.15, 0.2) is 48.0 Å². The lowest BCUT2D eigenvalue weighted by atomic mass is 9.61. The van der Waals surface area contributed by atoms with Crippen molar-refractivity contribution in [3.05, 3.63) is 70.3 Å². The van der Waals surface area contributed by atoms with E-state index in [4.69, 9.17) is 5.73 Å². The second-order valence-electron chi connectivity index (χ2n) is 9.36. The van der Waals surface area contributed by atoms with Gasteiger partial charge in [0, 0.05) is 18.1 Å². The number of Topliss-reactive ketones (excluding diaryl/α,β-unsaturated/α-hetero) is 2. The molecule has 3 atom stereocenters. The summed E-state index contributed by atoms with van der Waals surface area (Å²) in [4.78, 5) is 37.0. The maximum absolute atomic E-state index is 13.2. The molecule has 8 nitrogen and oxygen atoms in total. The number of fused-ring (bicyclic) bond motifs is 2. The molecule has 6 N–H and O–H groups in total. The molecule has 0 unspecified atom stereocenters. The van der Waals surface area contributed by atoms with Crippen LogP contribution in [-0.2, 0) is 27.2 Å². The molecule has 2 aliphatic carbocycles. The number of rotatable bonds is 6. The zero-order valence-corrected chi connectivity index (χ0v) is 20.5. The molecule has 0 aromatic heterocycles. The Bertz CT molecular complexity index is 1190. The fourth-order valence-electron chi connectivity index (χ4n) is 5.19. The largest absolute Gasteiger partial charge is 0.507 e. The zero-order chi connectivity index (χ0) is 26.6. The maximum atomic E-state index is 13.2. The number of carbonyl (C=O) groups excluding carboxylic acids is 3.